The third-order valence-electron chi connectivity index (χ3n) is 3.95. The molecule has 0 amide bonds. The van der Waals surface area contributed by atoms with Gasteiger partial charge in [-0.25, -0.2) is 0 Å². The highest BCUT2D eigenvalue weighted by atomic mass is 79.9. The lowest BCUT2D eigenvalue weighted by atomic mass is 10.0. The largest absolute Gasteiger partial charge is 0.367 e. The lowest BCUT2D eigenvalue weighted by molar-refractivity contribution is 0.147. The molecule has 100 valence electrons. The number of anilines is 1. The highest BCUT2D eigenvalue weighted by Crippen LogP contribution is 2.29. The first kappa shape index (κ1) is 12.9. The van der Waals surface area contributed by atoms with E-state index in [4.69, 9.17) is 0 Å². The molecule has 1 aromatic carbocycles. The Morgan fingerprint density at radius 2 is 2.00 bits per heavy atom. The molecule has 2 fully saturated rings. The van der Waals surface area contributed by atoms with Crippen LogP contribution in [0.5, 0.6) is 0 Å². The van der Waals surface area contributed by atoms with Gasteiger partial charge in [0.05, 0.1) is 11.3 Å². The van der Waals surface area contributed by atoms with Crippen LogP contribution in [0.4, 0.5) is 5.69 Å². The van der Waals surface area contributed by atoms with Crippen LogP contribution < -0.4 is 10.2 Å². The third-order valence-corrected chi connectivity index (χ3v) is 4.44. The normalized spacial score (nSPS) is 20.9. The van der Waals surface area contributed by atoms with Crippen molar-refractivity contribution in [3.05, 3.63) is 28.2 Å². The minimum absolute atomic E-state index is 0.646. The van der Waals surface area contributed by atoms with E-state index in [0.717, 1.165) is 55.0 Å². The first-order valence-corrected chi connectivity index (χ1v) is 7.46. The Morgan fingerprint density at radius 3 is 2.68 bits per heavy atom. The summed E-state index contributed by atoms with van der Waals surface area (Å²) in [4.78, 5) is 4.85. The molecule has 0 atom stereocenters. The van der Waals surface area contributed by atoms with Gasteiger partial charge in [0.1, 0.15) is 6.07 Å². The van der Waals surface area contributed by atoms with Gasteiger partial charge in [-0.15, -0.1) is 0 Å². The van der Waals surface area contributed by atoms with Crippen LogP contribution in [0.1, 0.15) is 5.56 Å². The van der Waals surface area contributed by atoms with E-state index in [0.29, 0.717) is 6.04 Å². The molecule has 4 nitrogen and oxygen atoms in total. The van der Waals surface area contributed by atoms with Gasteiger partial charge in [-0.2, -0.15) is 5.26 Å². The zero-order valence-electron chi connectivity index (χ0n) is 10.8. The van der Waals surface area contributed by atoms with Gasteiger partial charge in [0.25, 0.3) is 0 Å². The summed E-state index contributed by atoms with van der Waals surface area (Å²) in [6, 6.07) is 8.79. The molecule has 2 heterocycles. The Morgan fingerprint density at radius 1 is 1.26 bits per heavy atom. The Bertz CT molecular complexity index is 499. The van der Waals surface area contributed by atoms with Crippen LogP contribution in [-0.2, 0) is 0 Å². The van der Waals surface area contributed by atoms with Crippen molar-refractivity contribution in [2.45, 2.75) is 6.04 Å². The molecule has 2 saturated heterocycles. The lowest BCUT2D eigenvalue weighted by Gasteiger charge is -2.48. The first-order chi connectivity index (χ1) is 9.28. The predicted octanol–water partition coefficient (Wildman–Crippen LogP) is 1.41. The fourth-order valence-electron chi connectivity index (χ4n) is 2.79. The number of nitrogens with zero attached hydrogens (tertiary/aromatic N) is 3. The zero-order chi connectivity index (χ0) is 13.2. The number of hydrogen-bond donors (Lipinski definition) is 1. The number of rotatable bonds is 2. The number of nitrogens with one attached hydrogen (secondary N) is 1. The van der Waals surface area contributed by atoms with E-state index in [1.807, 2.05) is 18.2 Å². The fourth-order valence-corrected chi connectivity index (χ4v) is 3.14. The van der Waals surface area contributed by atoms with Crippen molar-refractivity contribution in [2.24, 2.45) is 0 Å². The van der Waals surface area contributed by atoms with Gasteiger partial charge in [-0.1, -0.05) is 15.9 Å². The second-order valence-corrected chi connectivity index (χ2v) is 6.03. The molecule has 0 saturated carbocycles. The maximum absolute atomic E-state index is 9.18. The van der Waals surface area contributed by atoms with Crippen molar-refractivity contribution in [3.8, 4) is 6.07 Å². The molecule has 0 bridgehead atoms. The Balaban J connectivity index is 1.67. The van der Waals surface area contributed by atoms with E-state index >= 15 is 0 Å². The zero-order valence-corrected chi connectivity index (χ0v) is 12.4. The lowest BCUT2D eigenvalue weighted by Crippen LogP contribution is -2.63. The van der Waals surface area contributed by atoms with E-state index in [2.05, 4.69) is 37.1 Å². The molecule has 0 aliphatic carbocycles. The topological polar surface area (TPSA) is 42.3 Å². The van der Waals surface area contributed by atoms with E-state index in [9.17, 15) is 5.26 Å². The van der Waals surface area contributed by atoms with Gasteiger partial charge in [-0.3, -0.25) is 4.90 Å². The second-order valence-electron chi connectivity index (χ2n) is 5.12. The van der Waals surface area contributed by atoms with E-state index in [1.54, 1.807) is 0 Å². The standard InChI is InChI=1S/C14H17BrN4/c15-12-2-1-11(8-16)14(7-12)19-9-13(10-19)18-5-3-17-4-6-18/h1-2,7,13,17H,3-6,9-10H2. The van der Waals surface area contributed by atoms with Crippen LogP contribution in [0.15, 0.2) is 22.7 Å². The summed E-state index contributed by atoms with van der Waals surface area (Å²) in [5.74, 6) is 0. The Labute approximate surface area is 122 Å². The molecule has 2 aliphatic heterocycles. The minimum Gasteiger partial charge on any atom is -0.367 e. The van der Waals surface area contributed by atoms with Crippen LogP contribution in [0.25, 0.3) is 0 Å². The number of hydrogen-bond acceptors (Lipinski definition) is 4. The molecular formula is C14H17BrN4. The molecule has 2 aliphatic rings. The van der Waals surface area contributed by atoms with Crippen molar-refractivity contribution in [1.82, 2.24) is 10.2 Å². The van der Waals surface area contributed by atoms with Crippen LogP contribution in [0.3, 0.4) is 0 Å². The summed E-state index contributed by atoms with van der Waals surface area (Å²) in [5, 5.41) is 12.6. The number of benzene rings is 1. The molecule has 3 rings (SSSR count). The van der Waals surface area contributed by atoms with E-state index in [-0.39, 0.29) is 0 Å². The molecule has 1 aromatic rings. The fraction of sp³-hybridized carbons (Fsp3) is 0.500. The monoisotopic (exact) mass is 320 g/mol. The molecular weight excluding hydrogens is 304 g/mol. The highest BCUT2D eigenvalue weighted by molar-refractivity contribution is 9.10. The number of piperazine rings is 1. The summed E-state index contributed by atoms with van der Waals surface area (Å²) in [5.41, 5.74) is 1.82. The smallest absolute Gasteiger partial charge is 0.101 e. The maximum Gasteiger partial charge on any atom is 0.101 e. The van der Waals surface area contributed by atoms with Crippen molar-refractivity contribution >= 4 is 21.6 Å². The molecule has 0 unspecified atom stereocenters. The van der Waals surface area contributed by atoms with Gasteiger partial charge in [-0.05, 0) is 18.2 Å². The molecule has 0 spiro atoms. The van der Waals surface area contributed by atoms with Crippen LogP contribution in [-0.4, -0.2) is 50.2 Å². The van der Waals surface area contributed by atoms with E-state index in [1.165, 1.54) is 0 Å². The van der Waals surface area contributed by atoms with Crippen LogP contribution in [0.2, 0.25) is 0 Å². The molecule has 0 aromatic heterocycles. The molecule has 1 N–H and O–H groups in total. The van der Waals surface area contributed by atoms with Crippen molar-refractivity contribution < 1.29 is 0 Å². The first-order valence-electron chi connectivity index (χ1n) is 6.67. The van der Waals surface area contributed by atoms with Gasteiger partial charge >= 0.3 is 0 Å². The number of nitriles is 1. The SMILES string of the molecule is N#Cc1ccc(Br)cc1N1CC(N2CCNCC2)C1. The van der Waals surface area contributed by atoms with Gasteiger partial charge in [0, 0.05) is 49.8 Å². The average Bonchev–Trinajstić information content (AvgIpc) is 2.39. The number of halogens is 1. The predicted molar refractivity (Wildman–Crippen MR) is 79.3 cm³/mol. The van der Waals surface area contributed by atoms with Gasteiger partial charge in [0.2, 0.25) is 0 Å². The maximum atomic E-state index is 9.18. The average molecular weight is 321 g/mol. The van der Waals surface area contributed by atoms with Gasteiger partial charge < -0.3 is 10.2 Å². The second kappa shape index (κ2) is 5.49. The minimum atomic E-state index is 0.646. The summed E-state index contributed by atoms with van der Waals surface area (Å²) in [6.07, 6.45) is 0. The quantitative estimate of drug-likeness (QED) is 0.894. The van der Waals surface area contributed by atoms with Crippen molar-refractivity contribution in [2.75, 3.05) is 44.2 Å². The summed E-state index contributed by atoms with van der Waals surface area (Å²) in [6.45, 7) is 6.54. The van der Waals surface area contributed by atoms with E-state index < -0.39 is 0 Å². The summed E-state index contributed by atoms with van der Waals surface area (Å²) >= 11 is 3.48. The van der Waals surface area contributed by atoms with Crippen LogP contribution >= 0.6 is 15.9 Å². The summed E-state index contributed by atoms with van der Waals surface area (Å²) in [7, 11) is 0. The Kier molecular flexibility index (Phi) is 3.74. The molecule has 19 heavy (non-hydrogen) atoms. The summed E-state index contributed by atoms with van der Waals surface area (Å²) < 4.78 is 1.03. The molecule has 5 heteroatoms. The van der Waals surface area contributed by atoms with Crippen molar-refractivity contribution in [3.63, 3.8) is 0 Å². The van der Waals surface area contributed by atoms with Gasteiger partial charge in [0.15, 0.2) is 0 Å². The Hall–Kier alpha value is -1.09. The highest BCUT2D eigenvalue weighted by Gasteiger charge is 2.33. The third kappa shape index (κ3) is 2.62. The molecule has 0 radical (unpaired) electrons. The van der Waals surface area contributed by atoms with Crippen molar-refractivity contribution in [1.29, 1.82) is 5.26 Å². The van der Waals surface area contributed by atoms with Crippen LogP contribution in [0, 0.1) is 11.3 Å².